The number of aromatic nitrogens is 1. The van der Waals surface area contributed by atoms with E-state index in [1.807, 2.05) is 19.1 Å². The van der Waals surface area contributed by atoms with Crippen molar-refractivity contribution in [3.05, 3.63) is 18.3 Å². The first-order chi connectivity index (χ1) is 10.2. The summed E-state index contributed by atoms with van der Waals surface area (Å²) < 4.78 is 5.35. The second kappa shape index (κ2) is 6.32. The van der Waals surface area contributed by atoms with Gasteiger partial charge in [-0.3, -0.25) is 19.6 Å². The Morgan fingerprint density at radius 1 is 1.29 bits per heavy atom. The number of pyridine rings is 1. The Morgan fingerprint density at radius 2 is 2.10 bits per heavy atom. The topological polar surface area (TPSA) is 58.0 Å². The standard InChI is InChI=1S/C15H20N4O2/c1-12-11-14(20)19(6-5-18-7-9-21-10-8-18)15-13(17-12)3-2-4-16-15/h2-4H,5-11H2,1H3. The third-order valence-corrected chi connectivity index (χ3v) is 3.78. The van der Waals surface area contributed by atoms with Gasteiger partial charge in [-0.2, -0.15) is 0 Å². The highest BCUT2D eigenvalue weighted by atomic mass is 16.5. The number of hydrogen-bond donors (Lipinski definition) is 0. The van der Waals surface area contributed by atoms with Crippen molar-refractivity contribution in [3.63, 3.8) is 0 Å². The molecular weight excluding hydrogens is 268 g/mol. The minimum atomic E-state index is 0.0713. The van der Waals surface area contributed by atoms with E-state index in [1.54, 1.807) is 11.1 Å². The van der Waals surface area contributed by atoms with Gasteiger partial charge in [-0.05, 0) is 19.1 Å². The van der Waals surface area contributed by atoms with E-state index >= 15 is 0 Å². The molecule has 3 rings (SSSR count). The van der Waals surface area contributed by atoms with E-state index in [2.05, 4.69) is 14.9 Å². The minimum Gasteiger partial charge on any atom is -0.379 e. The second-order valence-corrected chi connectivity index (χ2v) is 5.37. The normalized spacial score (nSPS) is 20.0. The molecule has 0 saturated carbocycles. The number of anilines is 1. The summed E-state index contributed by atoms with van der Waals surface area (Å²) in [6.45, 7) is 6.76. The van der Waals surface area contributed by atoms with Crippen molar-refractivity contribution in [3.8, 4) is 0 Å². The molecule has 1 amide bonds. The molecular formula is C15H20N4O2. The van der Waals surface area contributed by atoms with Gasteiger partial charge < -0.3 is 4.74 Å². The molecule has 2 aliphatic heterocycles. The van der Waals surface area contributed by atoms with Crippen molar-refractivity contribution < 1.29 is 9.53 Å². The van der Waals surface area contributed by atoms with Crippen molar-refractivity contribution in [2.24, 2.45) is 4.99 Å². The van der Waals surface area contributed by atoms with Crippen LogP contribution in [0.3, 0.4) is 0 Å². The molecule has 0 radical (unpaired) electrons. The van der Waals surface area contributed by atoms with Gasteiger partial charge in [-0.15, -0.1) is 0 Å². The lowest BCUT2D eigenvalue weighted by Gasteiger charge is -2.29. The molecule has 1 aromatic rings. The van der Waals surface area contributed by atoms with Crippen LogP contribution in [0.15, 0.2) is 23.3 Å². The summed E-state index contributed by atoms with van der Waals surface area (Å²) in [4.78, 5) is 25.4. The first kappa shape index (κ1) is 14.2. The lowest BCUT2D eigenvalue weighted by Crippen LogP contribution is -2.43. The van der Waals surface area contributed by atoms with Crippen molar-refractivity contribution in [1.29, 1.82) is 0 Å². The van der Waals surface area contributed by atoms with Crippen molar-refractivity contribution in [2.45, 2.75) is 13.3 Å². The Kier molecular flexibility index (Phi) is 4.26. The van der Waals surface area contributed by atoms with Crippen LogP contribution in [0, 0.1) is 0 Å². The largest absolute Gasteiger partial charge is 0.379 e. The Hall–Kier alpha value is -1.79. The smallest absolute Gasteiger partial charge is 0.233 e. The summed E-state index contributed by atoms with van der Waals surface area (Å²) in [5.41, 5.74) is 1.62. The number of carbonyl (C=O) groups is 1. The number of fused-ring (bicyclic) bond motifs is 1. The number of aliphatic imine (C=N–C) groups is 1. The zero-order valence-electron chi connectivity index (χ0n) is 12.3. The predicted molar refractivity (Wildman–Crippen MR) is 81.2 cm³/mol. The third kappa shape index (κ3) is 3.28. The monoisotopic (exact) mass is 288 g/mol. The molecule has 0 N–H and O–H groups in total. The molecule has 0 unspecified atom stereocenters. The Labute approximate surface area is 124 Å². The Bertz CT molecular complexity index is 552. The minimum absolute atomic E-state index is 0.0713. The van der Waals surface area contributed by atoms with E-state index in [9.17, 15) is 4.79 Å². The number of hydrogen-bond acceptors (Lipinski definition) is 5. The molecule has 0 atom stereocenters. The molecule has 21 heavy (non-hydrogen) atoms. The lowest BCUT2D eigenvalue weighted by molar-refractivity contribution is -0.117. The quantitative estimate of drug-likeness (QED) is 0.840. The fourth-order valence-corrected chi connectivity index (χ4v) is 2.66. The average molecular weight is 288 g/mol. The van der Waals surface area contributed by atoms with Gasteiger partial charge in [0.25, 0.3) is 0 Å². The van der Waals surface area contributed by atoms with E-state index in [4.69, 9.17) is 4.74 Å². The fourth-order valence-electron chi connectivity index (χ4n) is 2.66. The average Bonchev–Trinajstić information content (AvgIpc) is 2.61. The van der Waals surface area contributed by atoms with E-state index in [1.165, 1.54) is 0 Å². The zero-order valence-corrected chi connectivity index (χ0v) is 12.3. The molecule has 6 nitrogen and oxygen atoms in total. The van der Waals surface area contributed by atoms with Gasteiger partial charge in [-0.25, -0.2) is 4.98 Å². The van der Waals surface area contributed by atoms with Gasteiger partial charge in [0.15, 0.2) is 5.82 Å². The third-order valence-electron chi connectivity index (χ3n) is 3.78. The van der Waals surface area contributed by atoms with Crippen molar-refractivity contribution in [1.82, 2.24) is 9.88 Å². The zero-order chi connectivity index (χ0) is 14.7. The van der Waals surface area contributed by atoms with Gasteiger partial charge in [0.05, 0.1) is 19.6 Å². The van der Waals surface area contributed by atoms with Gasteiger partial charge in [-0.1, -0.05) is 0 Å². The maximum absolute atomic E-state index is 12.4. The van der Waals surface area contributed by atoms with Crippen LogP contribution in [-0.2, 0) is 9.53 Å². The molecule has 1 fully saturated rings. The molecule has 3 heterocycles. The Balaban J connectivity index is 1.76. The molecule has 0 aromatic carbocycles. The van der Waals surface area contributed by atoms with Crippen LogP contribution in [0.2, 0.25) is 0 Å². The molecule has 112 valence electrons. The SMILES string of the molecule is CC1=Nc2cccnc2N(CCN2CCOCC2)C(=O)C1. The molecule has 2 aliphatic rings. The van der Waals surface area contributed by atoms with Gasteiger partial charge in [0.1, 0.15) is 5.69 Å². The van der Waals surface area contributed by atoms with E-state index in [0.29, 0.717) is 18.8 Å². The van der Waals surface area contributed by atoms with Crippen molar-refractivity contribution >= 4 is 23.1 Å². The number of ether oxygens (including phenoxy) is 1. The van der Waals surface area contributed by atoms with Crippen LogP contribution in [0.5, 0.6) is 0 Å². The molecule has 0 bridgehead atoms. The highest BCUT2D eigenvalue weighted by molar-refractivity contribution is 6.10. The van der Waals surface area contributed by atoms with Crippen molar-refractivity contribution in [2.75, 3.05) is 44.3 Å². The first-order valence-electron chi connectivity index (χ1n) is 7.34. The summed E-state index contributed by atoms with van der Waals surface area (Å²) in [6.07, 6.45) is 2.07. The van der Waals surface area contributed by atoms with Crippen LogP contribution >= 0.6 is 0 Å². The maximum Gasteiger partial charge on any atom is 0.233 e. The van der Waals surface area contributed by atoms with E-state index in [0.717, 1.165) is 44.2 Å². The number of amides is 1. The summed E-state index contributed by atoms with van der Waals surface area (Å²) in [5.74, 6) is 0.745. The number of morpholine rings is 1. The molecule has 6 heteroatoms. The van der Waals surface area contributed by atoms with Gasteiger partial charge >= 0.3 is 0 Å². The lowest BCUT2D eigenvalue weighted by atomic mass is 10.2. The summed E-state index contributed by atoms with van der Waals surface area (Å²) in [6, 6.07) is 3.76. The number of carbonyl (C=O) groups excluding carboxylic acids is 1. The number of nitrogens with zero attached hydrogens (tertiary/aromatic N) is 4. The Morgan fingerprint density at radius 3 is 2.90 bits per heavy atom. The van der Waals surface area contributed by atoms with E-state index in [-0.39, 0.29) is 5.91 Å². The second-order valence-electron chi connectivity index (χ2n) is 5.37. The van der Waals surface area contributed by atoms with Crippen LogP contribution in [0.1, 0.15) is 13.3 Å². The van der Waals surface area contributed by atoms with Crippen LogP contribution in [-0.4, -0.2) is 60.9 Å². The van der Waals surface area contributed by atoms with Gasteiger partial charge in [0, 0.05) is 38.1 Å². The summed E-state index contributed by atoms with van der Waals surface area (Å²) >= 11 is 0. The van der Waals surface area contributed by atoms with Gasteiger partial charge in [0.2, 0.25) is 5.91 Å². The highest BCUT2D eigenvalue weighted by Crippen LogP contribution is 2.29. The fraction of sp³-hybridized carbons (Fsp3) is 0.533. The molecule has 0 spiro atoms. The molecule has 1 aromatic heterocycles. The molecule has 1 saturated heterocycles. The van der Waals surface area contributed by atoms with Crippen LogP contribution in [0.4, 0.5) is 11.5 Å². The number of rotatable bonds is 3. The first-order valence-corrected chi connectivity index (χ1v) is 7.34. The van der Waals surface area contributed by atoms with E-state index < -0.39 is 0 Å². The molecule has 0 aliphatic carbocycles. The maximum atomic E-state index is 12.4. The summed E-state index contributed by atoms with van der Waals surface area (Å²) in [5, 5.41) is 0. The highest BCUT2D eigenvalue weighted by Gasteiger charge is 2.24. The van der Waals surface area contributed by atoms with Crippen LogP contribution < -0.4 is 4.90 Å². The van der Waals surface area contributed by atoms with Crippen LogP contribution in [0.25, 0.3) is 0 Å². The predicted octanol–water partition coefficient (Wildman–Crippen LogP) is 1.24. The summed E-state index contributed by atoms with van der Waals surface area (Å²) in [7, 11) is 0.